The first kappa shape index (κ1) is 27.5. The highest BCUT2D eigenvalue weighted by Gasteiger charge is 2.32. The smallest absolute Gasteiger partial charge is 0.337 e. The summed E-state index contributed by atoms with van der Waals surface area (Å²) in [5.41, 5.74) is 4.66. The minimum Gasteiger partial charge on any atom is -0.493 e. The number of Topliss-reactive ketones (excluding diaryl/α,β-unsaturated/α-hetero) is 2. The van der Waals surface area contributed by atoms with Crippen LogP contribution in [0, 0.1) is 6.92 Å². The largest absolute Gasteiger partial charge is 0.493 e. The Morgan fingerprint density at radius 3 is 2.55 bits per heavy atom. The molecule has 0 saturated heterocycles. The average molecular weight is 540 g/mol. The van der Waals surface area contributed by atoms with E-state index in [0.29, 0.717) is 12.2 Å². The lowest BCUT2D eigenvalue weighted by Gasteiger charge is -2.29. The lowest BCUT2D eigenvalue weighted by Crippen LogP contribution is -2.28. The van der Waals surface area contributed by atoms with Crippen molar-refractivity contribution in [2.45, 2.75) is 65.6 Å². The Morgan fingerprint density at radius 1 is 1.07 bits per heavy atom. The number of fused-ring (bicyclic) bond motifs is 1. The lowest BCUT2D eigenvalue weighted by molar-refractivity contribution is -0.160. The van der Waals surface area contributed by atoms with Crippen molar-refractivity contribution in [2.24, 2.45) is 0 Å². The van der Waals surface area contributed by atoms with Crippen molar-refractivity contribution < 1.29 is 29.0 Å². The Bertz CT molecular complexity index is 1670. The zero-order valence-electron chi connectivity index (χ0n) is 23.5. The molecule has 2 heterocycles. The fourth-order valence-corrected chi connectivity index (χ4v) is 5.52. The molecule has 0 fully saturated rings. The number of rotatable bonds is 8. The van der Waals surface area contributed by atoms with E-state index in [9.17, 15) is 19.5 Å². The van der Waals surface area contributed by atoms with Crippen molar-refractivity contribution in [3.63, 3.8) is 0 Å². The second kappa shape index (κ2) is 10.5. The number of carbonyl (C=O) groups is 3. The number of carboxylic acids is 1. The third-order valence-electron chi connectivity index (χ3n) is 7.24. The van der Waals surface area contributed by atoms with Crippen LogP contribution in [-0.4, -0.2) is 39.8 Å². The Morgan fingerprint density at radius 2 is 1.85 bits per heavy atom. The first-order chi connectivity index (χ1) is 19.0. The van der Waals surface area contributed by atoms with Crippen molar-refractivity contribution in [3.05, 3.63) is 70.9 Å². The summed E-state index contributed by atoms with van der Waals surface area (Å²) in [4.78, 5) is 41.8. The molecule has 1 aliphatic rings. The van der Waals surface area contributed by atoms with E-state index in [4.69, 9.17) is 14.5 Å². The average Bonchev–Trinajstić information content (AvgIpc) is 2.90. The fourth-order valence-electron chi connectivity index (χ4n) is 5.52. The molecule has 1 N–H and O–H groups in total. The van der Waals surface area contributed by atoms with Gasteiger partial charge in [-0.25, -0.2) is 4.79 Å². The number of nitrogens with zero attached hydrogens (tertiary/aromatic N) is 1. The van der Waals surface area contributed by atoms with Crippen molar-refractivity contribution in [2.75, 3.05) is 6.61 Å². The molecule has 7 heteroatoms. The molecular formula is C33H33NO6. The van der Waals surface area contributed by atoms with E-state index in [-0.39, 0.29) is 12.8 Å². The molecule has 0 bridgehead atoms. The van der Waals surface area contributed by atoms with Crippen molar-refractivity contribution in [1.29, 1.82) is 0 Å². The quantitative estimate of drug-likeness (QED) is 0.261. The number of ether oxygens (including phenoxy) is 2. The Kier molecular flexibility index (Phi) is 7.19. The topological polar surface area (TPSA) is 103 Å². The van der Waals surface area contributed by atoms with Gasteiger partial charge in [0, 0.05) is 42.0 Å². The number of carboxylic acid groups (broad SMARTS) is 1. The molecule has 40 heavy (non-hydrogen) atoms. The summed E-state index contributed by atoms with van der Waals surface area (Å²) in [5, 5.41) is 13.0. The summed E-state index contributed by atoms with van der Waals surface area (Å²) in [7, 11) is 0. The van der Waals surface area contributed by atoms with Crippen LogP contribution in [0.5, 0.6) is 5.75 Å². The Balaban J connectivity index is 1.82. The molecule has 0 radical (unpaired) electrons. The number of aliphatic carboxylic acids is 1. The highest BCUT2D eigenvalue weighted by atomic mass is 16.5. The number of ketones is 2. The van der Waals surface area contributed by atoms with Crippen LogP contribution in [0.4, 0.5) is 0 Å². The van der Waals surface area contributed by atoms with Gasteiger partial charge in [-0.05, 0) is 78.9 Å². The summed E-state index contributed by atoms with van der Waals surface area (Å²) >= 11 is 0. The molecule has 7 nitrogen and oxygen atoms in total. The van der Waals surface area contributed by atoms with Gasteiger partial charge in [-0.1, -0.05) is 31.2 Å². The monoisotopic (exact) mass is 539 g/mol. The van der Waals surface area contributed by atoms with Crippen LogP contribution >= 0.6 is 0 Å². The van der Waals surface area contributed by atoms with E-state index < -0.39 is 29.2 Å². The van der Waals surface area contributed by atoms with Crippen LogP contribution in [0.2, 0.25) is 0 Å². The zero-order chi connectivity index (χ0) is 28.8. The van der Waals surface area contributed by atoms with E-state index >= 15 is 0 Å². The SMILES string of the molecule is CCC(=O)C(=O)Cc1ccc2c(-c3ccc4c5c(ccnc35)CCO4)c([C@H](OC(C)(C)C)C(=O)O)c(C)cc2c1. The van der Waals surface area contributed by atoms with E-state index in [0.717, 1.165) is 61.7 Å². The number of hydrogen-bond donors (Lipinski definition) is 1. The predicted molar refractivity (Wildman–Crippen MR) is 154 cm³/mol. The van der Waals surface area contributed by atoms with Crippen LogP contribution in [-0.2, 0) is 32.0 Å². The van der Waals surface area contributed by atoms with E-state index in [1.807, 2.05) is 70.2 Å². The summed E-state index contributed by atoms with van der Waals surface area (Å²) < 4.78 is 12.1. The maximum Gasteiger partial charge on any atom is 0.337 e. The molecule has 3 aromatic carbocycles. The van der Waals surface area contributed by atoms with Crippen LogP contribution in [0.3, 0.4) is 0 Å². The first-order valence-corrected chi connectivity index (χ1v) is 13.5. The van der Waals surface area contributed by atoms with Gasteiger partial charge in [0.05, 0.1) is 17.7 Å². The van der Waals surface area contributed by atoms with Gasteiger partial charge >= 0.3 is 5.97 Å². The van der Waals surface area contributed by atoms with Gasteiger partial charge in [0.15, 0.2) is 11.9 Å². The summed E-state index contributed by atoms with van der Waals surface area (Å²) in [6.07, 6.45) is 1.50. The molecule has 4 aromatic rings. The Labute approximate surface area is 233 Å². The molecule has 0 saturated carbocycles. The number of carbonyl (C=O) groups excluding carboxylic acids is 2. The second-order valence-corrected chi connectivity index (χ2v) is 11.3. The molecular weight excluding hydrogens is 506 g/mol. The van der Waals surface area contributed by atoms with Crippen LogP contribution in [0.25, 0.3) is 32.8 Å². The van der Waals surface area contributed by atoms with Gasteiger partial charge in [-0.2, -0.15) is 0 Å². The van der Waals surface area contributed by atoms with Crippen molar-refractivity contribution in [3.8, 4) is 16.9 Å². The number of aromatic nitrogens is 1. The predicted octanol–water partition coefficient (Wildman–Crippen LogP) is 6.33. The standard InChI is InChI=1S/C33H33NO6/c1-6-24(35)25(36)17-19-7-8-22-21(16-19)15-18(2)27(31(32(37)38)40-33(3,4)5)29(22)23-9-10-26-28-20(12-14-39-26)11-13-34-30(23)28/h7-11,13,15-16,31H,6,12,14,17H2,1-5H3,(H,37,38)/t31-/m0/s1. The molecule has 5 rings (SSSR count). The highest BCUT2D eigenvalue weighted by Crippen LogP contribution is 2.45. The molecule has 0 unspecified atom stereocenters. The van der Waals surface area contributed by atoms with Gasteiger partial charge in [0.1, 0.15) is 5.75 Å². The zero-order valence-corrected chi connectivity index (χ0v) is 23.5. The molecule has 206 valence electrons. The molecule has 0 spiro atoms. The molecule has 0 aliphatic carbocycles. The third kappa shape index (κ3) is 5.09. The molecule has 1 atom stereocenters. The van der Waals surface area contributed by atoms with Gasteiger partial charge in [0.2, 0.25) is 5.78 Å². The second-order valence-electron chi connectivity index (χ2n) is 11.3. The Hall–Kier alpha value is -4.10. The van der Waals surface area contributed by atoms with E-state index in [1.165, 1.54) is 0 Å². The molecule has 1 aliphatic heterocycles. The molecule has 1 aromatic heterocycles. The number of hydrogen-bond acceptors (Lipinski definition) is 6. The van der Waals surface area contributed by atoms with Gasteiger partial charge in [-0.15, -0.1) is 0 Å². The summed E-state index contributed by atoms with van der Waals surface area (Å²) in [5.74, 6) is -1.15. The fraction of sp³-hybridized carbons (Fsp3) is 0.333. The number of benzene rings is 3. The van der Waals surface area contributed by atoms with Gasteiger partial charge in [0.25, 0.3) is 0 Å². The maximum atomic E-state index is 12.7. The first-order valence-electron chi connectivity index (χ1n) is 13.5. The van der Waals surface area contributed by atoms with E-state index in [2.05, 4.69) is 0 Å². The molecule has 0 amide bonds. The minimum absolute atomic E-state index is 0.0174. The van der Waals surface area contributed by atoms with Crippen LogP contribution in [0.15, 0.2) is 48.7 Å². The normalized spacial score (nSPS) is 13.7. The highest BCUT2D eigenvalue weighted by molar-refractivity contribution is 6.37. The van der Waals surface area contributed by atoms with Crippen LogP contribution < -0.4 is 4.74 Å². The van der Waals surface area contributed by atoms with Crippen LogP contribution in [0.1, 0.15) is 62.5 Å². The number of aryl methyl sites for hydroxylation is 1. The summed E-state index contributed by atoms with van der Waals surface area (Å²) in [6.45, 7) is 9.64. The van der Waals surface area contributed by atoms with E-state index in [1.54, 1.807) is 13.1 Å². The maximum absolute atomic E-state index is 12.7. The van der Waals surface area contributed by atoms with Gasteiger partial charge in [-0.3, -0.25) is 14.6 Å². The van der Waals surface area contributed by atoms with Crippen molar-refractivity contribution >= 4 is 39.2 Å². The lowest BCUT2D eigenvalue weighted by atomic mass is 9.85. The third-order valence-corrected chi connectivity index (χ3v) is 7.24. The minimum atomic E-state index is -1.23. The van der Waals surface area contributed by atoms with Gasteiger partial charge < -0.3 is 14.6 Å². The number of pyridine rings is 1. The summed E-state index contributed by atoms with van der Waals surface area (Å²) in [6, 6.07) is 13.4. The van der Waals surface area contributed by atoms with Crippen molar-refractivity contribution in [1.82, 2.24) is 4.98 Å².